The molecule has 7 nitrogen and oxygen atoms in total. The summed E-state index contributed by atoms with van der Waals surface area (Å²) in [5.74, 6) is 9.83. The van der Waals surface area contributed by atoms with E-state index in [1.807, 2.05) is 42.5 Å². The third kappa shape index (κ3) is 8.51. The lowest BCUT2D eigenvalue weighted by Crippen LogP contribution is -2.30. The van der Waals surface area contributed by atoms with E-state index in [1.165, 1.54) is 7.11 Å². The van der Waals surface area contributed by atoms with Crippen LogP contribution in [-0.2, 0) is 35.0 Å². The molecule has 3 aromatic rings. The molecule has 0 heterocycles. The van der Waals surface area contributed by atoms with Crippen LogP contribution in [0.1, 0.15) is 47.8 Å². The minimum absolute atomic E-state index is 0.0319. The first-order chi connectivity index (χ1) is 19.5. The Bertz CT molecular complexity index is 1420. The van der Waals surface area contributed by atoms with Crippen molar-refractivity contribution >= 4 is 18.1 Å². The van der Waals surface area contributed by atoms with Crippen LogP contribution in [0.25, 0.3) is 0 Å². The number of rotatable bonds is 8. The van der Waals surface area contributed by atoms with Gasteiger partial charge in [0.05, 0.1) is 20.3 Å². The summed E-state index contributed by atoms with van der Waals surface area (Å²) in [6.07, 6.45) is -1.87. The zero-order valence-corrected chi connectivity index (χ0v) is 22.6. The number of benzene rings is 3. The van der Waals surface area contributed by atoms with Crippen molar-refractivity contribution in [3.8, 4) is 23.7 Å². The van der Waals surface area contributed by atoms with E-state index in [2.05, 4.69) is 23.7 Å². The van der Waals surface area contributed by atoms with E-state index in [0.29, 0.717) is 22.3 Å². The van der Waals surface area contributed by atoms with Crippen molar-refractivity contribution < 1.29 is 33.3 Å². The SMILES string of the molecule is CCOC(=O)C(Cc1ccccc1C#CC(OC(=O)OC)c1ccccc1C#Cc1ccccc1)C(=O)OCC. The standard InChI is InChI=1S/C33H30O7/c1-4-38-31(34)29(32(35)39-5-2)23-27-17-10-9-15-25(27)21-22-30(40-33(36)37-3)28-18-12-11-16-26(28)20-19-24-13-7-6-8-14-24/h6-18,29-30H,4-5,23H2,1-3H3. The molecule has 0 aliphatic rings. The lowest BCUT2D eigenvalue weighted by Gasteiger charge is -2.15. The second-order valence-electron chi connectivity index (χ2n) is 8.34. The zero-order chi connectivity index (χ0) is 28.7. The van der Waals surface area contributed by atoms with E-state index in [-0.39, 0.29) is 19.6 Å². The smallest absolute Gasteiger partial charge is 0.465 e. The molecule has 1 atom stereocenters. The Morgan fingerprint density at radius 2 is 1.32 bits per heavy atom. The van der Waals surface area contributed by atoms with E-state index in [4.69, 9.17) is 18.9 Å². The van der Waals surface area contributed by atoms with Crippen LogP contribution in [0, 0.1) is 29.6 Å². The fraction of sp³-hybridized carbons (Fsp3) is 0.242. The Morgan fingerprint density at radius 1 is 0.725 bits per heavy atom. The van der Waals surface area contributed by atoms with Crippen molar-refractivity contribution in [1.82, 2.24) is 0 Å². The summed E-state index contributed by atoms with van der Waals surface area (Å²) in [6.45, 7) is 3.61. The quantitative estimate of drug-likeness (QED) is 0.168. The maximum absolute atomic E-state index is 12.5. The summed E-state index contributed by atoms with van der Waals surface area (Å²) in [5, 5.41) is 0. The minimum Gasteiger partial charge on any atom is -0.465 e. The number of esters is 2. The average molecular weight is 539 g/mol. The average Bonchev–Trinajstić information content (AvgIpc) is 2.98. The van der Waals surface area contributed by atoms with E-state index >= 15 is 0 Å². The highest BCUT2D eigenvalue weighted by molar-refractivity contribution is 5.95. The first-order valence-electron chi connectivity index (χ1n) is 12.8. The number of hydrogen-bond donors (Lipinski definition) is 0. The Balaban J connectivity index is 2.00. The van der Waals surface area contributed by atoms with Gasteiger partial charge in [-0.1, -0.05) is 72.4 Å². The molecule has 0 amide bonds. The third-order valence-electron chi connectivity index (χ3n) is 5.66. The summed E-state index contributed by atoms with van der Waals surface area (Å²) in [6, 6.07) is 23.8. The fourth-order valence-corrected chi connectivity index (χ4v) is 3.75. The highest BCUT2D eigenvalue weighted by Gasteiger charge is 2.30. The van der Waals surface area contributed by atoms with Crippen LogP contribution in [0.4, 0.5) is 4.79 Å². The van der Waals surface area contributed by atoms with Gasteiger partial charge in [-0.05, 0) is 56.0 Å². The topological polar surface area (TPSA) is 88.1 Å². The van der Waals surface area contributed by atoms with Gasteiger partial charge in [0.2, 0.25) is 0 Å². The lowest BCUT2D eigenvalue weighted by atomic mass is 9.95. The van der Waals surface area contributed by atoms with Crippen LogP contribution in [0.3, 0.4) is 0 Å². The molecule has 0 fully saturated rings. The van der Waals surface area contributed by atoms with E-state index in [1.54, 1.807) is 50.2 Å². The normalized spacial score (nSPS) is 10.7. The molecule has 0 bridgehead atoms. The second kappa shape index (κ2) is 15.4. The molecule has 7 heteroatoms. The van der Waals surface area contributed by atoms with Crippen LogP contribution < -0.4 is 0 Å². The molecule has 0 saturated heterocycles. The van der Waals surface area contributed by atoms with Crippen molar-refractivity contribution in [3.63, 3.8) is 0 Å². The van der Waals surface area contributed by atoms with Crippen molar-refractivity contribution in [2.45, 2.75) is 26.4 Å². The van der Waals surface area contributed by atoms with Crippen molar-refractivity contribution in [1.29, 1.82) is 0 Å². The monoisotopic (exact) mass is 538 g/mol. The third-order valence-corrected chi connectivity index (χ3v) is 5.66. The molecule has 0 spiro atoms. The summed E-state index contributed by atoms with van der Waals surface area (Å²) in [4.78, 5) is 37.2. The first kappa shape index (κ1) is 29.5. The van der Waals surface area contributed by atoms with Crippen LogP contribution in [-0.4, -0.2) is 38.4 Å². The minimum atomic E-state index is -1.14. The molecule has 40 heavy (non-hydrogen) atoms. The molecular weight excluding hydrogens is 508 g/mol. The lowest BCUT2D eigenvalue weighted by molar-refractivity contribution is -0.161. The van der Waals surface area contributed by atoms with Gasteiger partial charge < -0.3 is 18.9 Å². The predicted molar refractivity (Wildman–Crippen MR) is 149 cm³/mol. The molecule has 0 N–H and O–H groups in total. The predicted octanol–water partition coefficient (Wildman–Crippen LogP) is 5.25. The largest absolute Gasteiger partial charge is 0.509 e. The van der Waals surface area contributed by atoms with Crippen molar-refractivity contribution in [2.75, 3.05) is 20.3 Å². The van der Waals surface area contributed by atoms with Gasteiger partial charge in [0, 0.05) is 22.3 Å². The van der Waals surface area contributed by atoms with Crippen LogP contribution in [0.2, 0.25) is 0 Å². The number of methoxy groups -OCH3 is 1. The van der Waals surface area contributed by atoms with Gasteiger partial charge >= 0.3 is 18.1 Å². The van der Waals surface area contributed by atoms with Crippen LogP contribution in [0.15, 0.2) is 78.9 Å². The van der Waals surface area contributed by atoms with E-state index in [0.717, 1.165) is 5.56 Å². The van der Waals surface area contributed by atoms with Gasteiger partial charge in [-0.25, -0.2) is 4.79 Å². The molecule has 3 rings (SSSR count). The summed E-state index contributed by atoms with van der Waals surface area (Å²) in [5.41, 5.74) is 3.23. The zero-order valence-electron chi connectivity index (χ0n) is 22.6. The summed E-state index contributed by atoms with van der Waals surface area (Å²) < 4.78 is 20.4. The van der Waals surface area contributed by atoms with E-state index < -0.39 is 30.1 Å². The Morgan fingerprint density at radius 3 is 1.98 bits per heavy atom. The van der Waals surface area contributed by atoms with Gasteiger partial charge in [-0.2, -0.15) is 0 Å². The van der Waals surface area contributed by atoms with Gasteiger partial charge in [0.1, 0.15) is 0 Å². The van der Waals surface area contributed by atoms with Crippen LogP contribution in [0.5, 0.6) is 0 Å². The number of carbonyl (C=O) groups excluding carboxylic acids is 3. The van der Waals surface area contributed by atoms with Crippen molar-refractivity contribution in [3.05, 3.63) is 107 Å². The molecule has 1 unspecified atom stereocenters. The maximum atomic E-state index is 12.5. The van der Waals surface area contributed by atoms with Gasteiger partial charge in [0.15, 0.2) is 12.0 Å². The second-order valence-corrected chi connectivity index (χ2v) is 8.34. The number of ether oxygens (including phenoxy) is 4. The number of carbonyl (C=O) groups is 3. The van der Waals surface area contributed by atoms with Crippen molar-refractivity contribution in [2.24, 2.45) is 5.92 Å². The first-order valence-corrected chi connectivity index (χ1v) is 12.8. The Hall–Kier alpha value is -5.01. The van der Waals surface area contributed by atoms with Gasteiger partial charge in [0.25, 0.3) is 0 Å². The highest BCUT2D eigenvalue weighted by Crippen LogP contribution is 2.23. The molecule has 0 radical (unpaired) electrons. The van der Waals surface area contributed by atoms with E-state index in [9.17, 15) is 14.4 Å². The highest BCUT2D eigenvalue weighted by atomic mass is 16.7. The van der Waals surface area contributed by atoms with Crippen LogP contribution >= 0.6 is 0 Å². The maximum Gasteiger partial charge on any atom is 0.509 e. The summed E-state index contributed by atoms with van der Waals surface area (Å²) >= 11 is 0. The molecule has 0 saturated carbocycles. The number of hydrogen-bond acceptors (Lipinski definition) is 7. The Kier molecular flexibility index (Phi) is 11.4. The molecule has 0 aromatic heterocycles. The fourth-order valence-electron chi connectivity index (χ4n) is 3.75. The molecule has 3 aromatic carbocycles. The molecular formula is C33H30O7. The molecule has 0 aliphatic carbocycles. The molecule has 0 aliphatic heterocycles. The Labute approximate surface area is 234 Å². The van der Waals surface area contributed by atoms with Gasteiger partial charge in [-0.15, -0.1) is 0 Å². The molecule has 204 valence electrons. The van der Waals surface area contributed by atoms with Gasteiger partial charge in [-0.3, -0.25) is 9.59 Å². The summed E-state index contributed by atoms with van der Waals surface area (Å²) in [7, 11) is 1.22.